The van der Waals surface area contributed by atoms with Gasteiger partial charge in [-0.1, -0.05) is 37.5 Å². The largest absolute Gasteiger partial charge is 0.508 e. The van der Waals surface area contributed by atoms with E-state index in [0.717, 1.165) is 29.1 Å². The number of para-hydroxylation sites is 1. The lowest BCUT2D eigenvalue weighted by Crippen LogP contribution is -2.13. The van der Waals surface area contributed by atoms with Crippen molar-refractivity contribution >= 4 is 22.8 Å². The number of carbonyl (C=O) groups excluding carboxylic acids is 1. The van der Waals surface area contributed by atoms with E-state index in [1.807, 2.05) is 12.1 Å². The summed E-state index contributed by atoms with van der Waals surface area (Å²) in [5.41, 5.74) is 2.16. The fraction of sp³-hybridized carbons (Fsp3) is 0.292. The molecule has 0 saturated heterocycles. The fourth-order valence-corrected chi connectivity index (χ4v) is 4.61. The SMILES string of the molecule is O=C1/C(=C/c2cn(CC3CCCCC3)c3ccccc23)Oc2cc(O)cc(O)c21. The number of benzene rings is 2. The van der Waals surface area contributed by atoms with E-state index in [-0.39, 0.29) is 34.4 Å². The number of aromatic nitrogens is 1. The van der Waals surface area contributed by atoms with E-state index < -0.39 is 0 Å². The standard InChI is InChI=1S/C24H23NO4/c26-17-11-20(27)23-21(12-17)29-22(24(23)28)10-16-14-25(13-15-6-2-1-3-7-15)19-9-5-4-8-18(16)19/h4-5,8-12,14-15,26-27H,1-3,6-7,13H2/b22-10-. The van der Waals surface area contributed by atoms with E-state index in [4.69, 9.17) is 4.74 Å². The van der Waals surface area contributed by atoms with Crippen molar-refractivity contribution in [2.45, 2.75) is 38.6 Å². The molecule has 2 aliphatic rings. The molecule has 1 aromatic heterocycles. The van der Waals surface area contributed by atoms with E-state index in [0.29, 0.717) is 5.92 Å². The summed E-state index contributed by atoms with van der Waals surface area (Å²) in [4.78, 5) is 12.8. The molecule has 2 N–H and O–H groups in total. The average Bonchev–Trinajstić information content (AvgIpc) is 3.21. The molecule has 2 heterocycles. The van der Waals surface area contributed by atoms with Crippen LogP contribution in [0.5, 0.6) is 17.2 Å². The Morgan fingerprint density at radius 3 is 2.72 bits per heavy atom. The number of hydrogen-bond acceptors (Lipinski definition) is 4. The van der Waals surface area contributed by atoms with Gasteiger partial charge in [0.15, 0.2) is 5.76 Å². The third-order valence-corrected chi connectivity index (χ3v) is 6.02. The molecular formula is C24H23NO4. The van der Waals surface area contributed by atoms with Crippen LogP contribution in [-0.4, -0.2) is 20.6 Å². The van der Waals surface area contributed by atoms with Crippen LogP contribution in [0.3, 0.4) is 0 Å². The molecule has 5 heteroatoms. The highest BCUT2D eigenvalue weighted by atomic mass is 16.5. The van der Waals surface area contributed by atoms with Crippen LogP contribution in [-0.2, 0) is 6.54 Å². The Bertz CT molecular complexity index is 1140. The minimum absolute atomic E-state index is 0.0972. The van der Waals surface area contributed by atoms with Gasteiger partial charge >= 0.3 is 0 Å². The number of Topliss-reactive ketones (excluding diaryl/α,β-unsaturated/α-hetero) is 1. The summed E-state index contributed by atoms with van der Waals surface area (Å²) in [6.45, 7) is 0.980. The highest BCUT2D eigenvalue weighted by Gasteiger charge is 2.31. The molecular weight excluding hydrogens is 366 g/mol. The fourth-order valence-electron chi connectivity index (χ4n) is 4.61. The van der Waals surface area contributed by atoms with Crippen LogP contribution >= 0.6 is 0 Å². The summed E-state index contributed by atoms with van der Waals surface area (Å²) in [6, 6.07) is 10.7. The van der Waals surface area contributed by atoms with Gasteiger partial charge in [0.2, 0.25) is 5.78 Å². The number of hydrogen-bond donors (Lipinski definition) is 2. The zero-order valence-electron chi connectivity index (χ0n) is 16.1. The molecule has 148 valence electrons. The molecule has 5 nitrogen and oxygen atoms in total. The number of allylic oxidation sites excluding steroid dienone is 1. The summed E-state index contributed by atoms with van der Waals surface area (Å²) in [5.74, 6) is 0.244. The molecule has 0 spiro atoms. The topological polar surface area (TPSA) is 71.7 Å². The van der Waals surface area contributed by atoms with E-state index in [1.165, 1.54) is 38.2 Å². The lowest BCUT2D eigenvalue weighted by Gasteiger charge is -2.22. The predicted molar refractivity (Wildman–Crippen MR) is 111 cm³/mol. The first-order chi connectivity index (χ1) is 14.1. The van der Waals surface area contributed by atoms with Crippen molar-refractivity contribution in [3.63, 3.8) is 0 Å². The van der Waals surface area contributed by atoms with Crippen LogP contribution in [0.4, 0.5) is 0 Å². The van der Waals surface area contributed by atoms with Gasteiger partial charge in [0.1, 0.15) is 22.8 Å². The molecule has 5 rings (SSSR count). The molecule has 0 radical (unpaired) electrons. The highest BCUT2D eigenvalue weighted by molar-refractivity contribution is 6.16. The molecule has 29 heavy (non-hydrogen) atoms. The zero-order valence-corrected chi connectivity index (χ0v) is 16.1. The zero-order chi connectivity index (χ0) is 20.0. The summed E-state index contributed by atoms with van der Waals surface area (Å²) in [7, 11) is 0. The number of phenolic OH excluding ortho intramolecular Hbond substituents is 2. The van der Waals surface area contributed by atoms with Crippen LogP contribution in [0, 0.1) is 5.92 Å². The van der Waals surface area contributed by atoms with E-state index in [2.05, 4.69) is 22.9 Å². The van der Waals surface area contributed by atoms with Crippen molar-refractivity contribution in [1.82, 2.24) is 4.57 Å². The lowest BCUT2D eigenvalue weighted by molar-refractivity contribution is 0.101. The van der Waals surface area contributed by atoms with Gasteiger partial charge in [-0.2, -0.15) is 0 Å². The maximum atomic E-state index is 12.8. The Balaban J connectivity index is 1.52. The van der Waals surface area contributed by atoms with Crippen LogP contribution in [0.2, 0.25) is 0 Å². The lowest BCUT2D eigenvalue weighted by atomic mass is 9.89. The summed E-state index contributed by atoms with van der Waals surface area (Å²) >= 11 is 0. The second-order valence-electron chi connectivity index (χ2n) is 8.04. The number of ketones is 1. The third-order valence-electron chi connectivity index (χ3n) is 6.02. The summed E-state index contributed by atoms with van der Waals surface area (Å²) in [6.07, 6.45) is 10.3. The van der Waals surface area contributed by atoms with Gasteiger partial charge in [0.05, 0.1) is 0 Å². The maximum absolute atomic E-state index is 12.8. The van der Waals surface area contributed by atoms with Gasteiger partial charge < -0.3 is 19.5 Å². The molecule has 1 fully saturated rings. The Kier molecular flexibility index (Phi) is 4.31. The van der Waals surface area contributed by atoms with Gasteiger partial charge in [-0.05, 0) is 30.9 Å². The van der Waals surface area contributed by atoms with E-state index >= 15 is 0 Å². The van der Waals surface area contributed by atoms with Crippen molar-refractivity contribution < 1.29 is 19.7 Å². The molecule has 3 aromatic rings. The van der Waals surface area contributed by atoms with Gasteiger partial charge in [0, 0.05) is 41.3 Å². The van der Waals surface area contributed by atoms with Crippen molar-refractivity contribution in [2.75, 3.05) is 0 Å². The number of fused-ring (bicyclic) bond motifs is 2. The van der Waals surface area contributed by atoms with Gasteiger partial charge in [-0.25, -0.2) is 0 Å². The molecule has 2 aromatic carbocycles. The number of nitrogens with zero attached hydrogens (tertiary/aromatic N) is 1. The first-order valence-electron chi connectivity index (χ1n) is 10.2. The number of phenols is 2. The second kappa shape index (κ2) is 6.99. The van der Waals surface area contributed by atoms with Crippen molar-refractivity contribution in [2.24, 2.45) is 5.92 Å². The molecule has 0 bridgehead atoms. The van der Waals surface area contributed by atoms with Crippen molar-refractivity contribution in [3.8, 4) is 17.2 Å². The minimum atomic E-state index is -0.374. The number of ether oxygens (including phenoxy) is 1. The van der Waals surface area contributed by atoms with Gasteiger partial charge in [-0.3, -0.25) is 4.79 Å². The maximum Gasteiger partial charge on any atom is 0.235 e. The Morgan fingerprint density at radius 2 is 1.90 bits per heavy atom. The van der Waals surface area contributed by atoms with Crippen LogP contribution in [0.25, 0.3) is 17.0 Å². The summed E-state index contributed by atoms with van der Waals surface area (Å²) in [5, 5.41) is 20.8. The number of rotatable bonds is 3. The van der Waals surface area contributed by atoms with Crippen molar-refractivity contribution in [3.05, 3.63) is 59.5 Å². The Hall–Kier alpha value is -3.21. The quantitative estimate of drug-likeness (QED) is 0.600. The molecule has 0 unspecified atom stereocenters. The van der Waals surface area contributed by atoms with Crippen LogP contribution in [0.1, 0.15) is 48.0 Å². The number of carbonyl (C=O) groups is 1. The highest BCUT2D eigenvalue weighted by Crippen LogP contribution is 2.41. The summed E-state index contributed by atoms with van der Waals surface area (Å²) < 4.78 is 7.96. The van der Waals surface area contributed by atoms with E-state index in [9.17, 15) is 15.0 Å². The molecule has 1 aliphatic carbocycles. The first kappa shape index (κ1) is 17.9. The van der Waals surface area contributed by atoms with E-state index in [1.54, 1.807) is 6.08 Å². The smallest absolute Gasteiger partial charge is 0.235 e. The van der Waals surface area contributed by atoms with Crippen LogP contribution < -0.4 is 4.74 Å². The minimum Gasteiger partial charge on any atom is -0.508 e. The Morgan fingerprint density at radius 1 is 1.10 bits per heavy atom. The molecule has 0 amide bonds. The normalized spacial score (nSPS) is 18.3. The predicted octanol–water partition coefficient (Wildman–Crippen LogP) is 5.25. The van der Waals surface area contributed by atoms with Gasteiger partial charge in [0.25, 0.3) is 0 Å². The Labute approximate surface area is 168 Å². The van der Waals surface area contributed by atoms with Crippen molar-refractivity contribution in [1.29, 1.82) is 0 Å². The first-order valence-corrected chi connectivity index (χ1v) is 10.2. The molecule has 1 saturated carbocycles. The van der Waals surface area contributed by atoms with Crippen LogP contribution in [0.15, 0.2) is 48.4 Å². The van der Waals surface area contributed by atoms with Gasteiger partial charge in [-0.15, -0.1) is 0 Å². The monoisotopic (exact) mass is 389 g/mol. The number of aromatic hydroxyl groups is 2. The second-order valence-corrected chi connectivity index (χ2v) is 8.04. The third kappa shape index (κ3) is 3.16. The molecule has 0 atom stereocenters. The molecule has 1 aliphatic heterocycles. The average molecular weight is 389 g/mol.